The average Bonchev–Trinajstić information content (AvgIpc) is 2.63. The standard InChI is InChI=1S/C23H30ClF/c1-2-3-15-4-9-20-18(12-15)5-6-19-13-16(7-10-21(19)20)17-8-11-22(24)23(25)14-17/h2-3,8,11,14-16,18-21H,4-7,9-10,12-13H2,1H3/b3-2+. The van der Waals surface area contributed by atoms with Gasteiger partial charge in [0.15, 0.2) is 0 Å². The number of rotatable bonds is 2. The van der Waals surface area contributed by atoms with Gasteiger partial charge in [-0.25, -0.2) is 4.39 Å². The number of hydrogen-bond acceptors (Lipinski definition) is 0. The van der Waals surface area contributed by atoms with E-state index in [4.69, 9.17) is 11.6 Å². The molecule has 0 aromatic heterocycles. The Morgan fingerprint density at radius 1 is 0.960 bits per heavy atom. The second-order valence-corrected chi connectivity index (χ2v) is 9.11. The zero-order valence-electron chi connectivity index (χ0n) is 15.3. The molecule has 0 heterocycles. The third-order valence-electron chi connectivity index (χ3n) is 7.46. The monoisotopic (exact) mass is 360 g/mol. The molecule has 1 aromatic carbocycles. The van der Waals surface area contributed by atoms with Crippen LogP contribution in [0.2, 0.25) is 5.02 Å². The summed E-state index contributed by atoms with van der Waals surface area (Å²) in [6.07, 6.45) is 15.6. The van der Waals surface area contributed by atoms with Crippen molar-refractivity contribution >= 4 is 11.6 Å². The Kier molecular flexibility index (Phi) is 5.23. The Bertz CT molecular complexity index is 637. The Hall–Kier alpha value is -0.820. The number of hydrogen-bond donors (Lipinski definition) is 0. The van der Waals surface area contributed by atoms with Crippen molar-refractivity contribution in [3.8, 4) is 0 Å². The van der Waals surface area contributed by atoms with Crippen LogP contribution in [0.4, 0.5) is 4.39 Å². The molecule has 2 heteroatoms. The minimum Gasteiger partial charge on any atom is -0.205 e. The molecule has 0 saturated heterocycles. The molecule has 25 heavy (non-hydrogen) atoms. The zero-order valence-corrected chi connectivity index (χ0v) is 16.0. The van der Waals surface area contributed by atoms with Gasteiger partial charge in [-0.15, -0.1) is 0 Å². The van der Waals surface area contributed by atoms with Gasteiger partial charge in [-0.05, 0) is 111 Å². The first-order valence-electron chi connectivity index (χ1n) is 10.2. The maximum absolute atomic E-state index is 13.9. The van der Waals surface area contributed by atoms with Gasteiger partial charge in [0.2, 0.25) is 0 Å². The van der Waals surface area contributed by atoms with Crippen LogP contribution in [0, 0.1) is 35.4 Å². The Morgan fingerprint density at radius 3 is 2.40 bits per heavy atom. The molecule has 3 saturated carbocycles. The van der Waals surface area contributed by atoms with Gasteiger partial charge in [0, 0.05) is 0 Å². The van der Waals surface area contributed by atoms with Gasteiger partial charge in [0.05, 0.1) is 5.02 Å². The van der Waals surface area contributed by atoms with E-state index in [1.807, 2.05) is 6.07 Å². The summed E-state index contributed by atoms with van der Waals surface area (Å²) in [6, 6.07) is 5.46. The van der Waals surface area contributed by atoms with Crippen molar-refractivity contribution in [1.29, 1.82) is 0 Å². The number of halogens is 2. The first kappa shape index (κ1) is 17.6. The third-order valence-corrected chi connectivity index (χ3v) is 7.77. The normalized spacial score (nSPS) is 38.4. The predicted molar refractivity (Wildman–Crippen MR) is 103 cm³/mol. The van der Waals surface area contributed by atoms with Gasteiger partial charge in [0.25, 0.3) is 0 Å². The van der Waals surface area contributed by atoms with Crippen LogP contribution >= 0.6 is 11.6 Å². The Labute approximate surface area is 156 Å². The minimum absolute atomic E-state index is 0.246. The second-order valence-electron chi connectivity index (χ2n) is 8.71. The molecular formula is C23H30ClF. The molecule has 0 bridgehead atoms. The lowest BCUT2D eigenvalue weighted by Crippen LogP contribution is -2.41. The van der Waals surface area contributed by atoms with Crippen molar-refractivity contribution in [2.45, 2.75) is 64.2 Å². The fraction of sp³-hybridized carbons (Fsp3) is 0.652. The molecule has 0 radical (unpaired) electrons. The zero-order chi connectivity index (χ0) is 17.4. The molecule has 6 unspecified atom stereocenters. The molecule has 3 fully saturated rings. The third kappa shape index (κ3) is 3.54. The topological polar surface area (TPSA) is 0 Å². The lowest BCUT2D eigenvalue weighted by molar-refractivity contribution is 0.0127. The predicted octanol–water partition coefficient (Wildman–Crippen LogP) is 7.38. The number of allylic oxidation sites excluding steroid dienone is 2. The van der Waals surface area contributed by atoms with Gasteiger partial charge < -0.3 is 0 Å². The SMILES string of the molecule is C/C=C/C1CCC2C(CCC3CC(c4ccc(Cl)c(F)c4)CCC32)C1. The second kappa shape index (κ2) is 7.43. The summed E-state index contributed by atoms with van der Waals surface area (Å²) < 4.78 is 13.9. The fourth-order valence-corrected chi connectivity index (χ4v) is 6.46. The molecular weight excluding hydrogens is 331 g/mol. The van der Waals surface area contributed by atoms with Crippen LogP contribution in [-0.2, 0) is 0 Å². The van der Waals surface area contributed by atoms with E-state index in [2.05, 4.69) is 19.1 Å². The summed E-state index contributed by atoms with van der Waals surface area (Å²) >= 11 is 5.86. The van der Waals surface area contributed by atoms with Gasteiger partial charge in [0.1, 0.15) is 5.82 Å². The summed E-state index contributed by atoms with van der Waals surface area (Å²) in [7, 11) is 0. The molecule has 1 aromatic rings. The van der Waals surface area contributed by atoms with E-state index in [9.17, 15) is 4.39 Å². The van der Waals surface area contributed by atoms with E-state index in [1.54, 1.807) is 12.1 Å². The number of benzene rings is 1. The van der Waals surface area contributed by atoms with Crippen LogP contribution in [0.5, 0.6) is 0 Å². The van der Waals surface area contributed by atoms with Crippen molar-refractivity contribution in [2.75, 3.05) is 0 Å². The smallest absolute Gasteiger partial charge is 0.142 e. The molecule has 6 atom stereocenters. The van der Waals surface area contributed by atoms with Crippen molar-refractivity contribution in [2.24, 2.45) is 29.6 Å². The van der Waals surface area contributed by atoms with Gasteiger partial charge in [-0.1, -0.05) is 29.8 Å². The number of fused-ring (bicyclic) bond motifs is 3. The largest absolute Gasteiger partial charge is 0.205 e. The van der Waals surface area contributed by atoms with E-state index < -0.39 is 0 Å². The van der Waals surface area contributed by atoms with E-state index in [0.717, 1.165) is 29.6 Å². The molecule has 3 aliphatic carbocycles. The highest BCUT2D eigenvalue weighted by molar-refractivity contribution is 6.30. The summed E-state index contributed by atoms with van der Waals surface area (Å²) in [4.78, 5) is 0. The maximum atomic E-state index is 13.9. The van der Waals surface area contributed by atoms with E-state index in [-0.39, 0.29) is 10.8 Å². The van der Waals surface area contributed by atoms with Crippen molar-refractivity contribution < 1.29 is 4.39 Å². The van der Waals surface area contributed by atoms with Crippen LogP contribution < -0.4 is 0 Å². The van der Waals surface area contributed by atoms with Crippen LogP contribution in [0.15, 0.2) is 30.4 Å². The molecule has 0 amide bonds. The fourth-order valence-electron chi connectivity index (χ4n) is 6.35. The first-order chi connectivity index (χ1) is 12.2. The highest BCUT2D eigenvalue weighted by atomic mass is 35.5. The van der Waals surface area contributed by atoms with Crippen LogP contribution in [-0.4, -0.2) is 0 Å². The first-order valence-corrected chi connectivity index (χ1v) is 10.6. The van der Waals surface area contributed by atoms with Crippen molar-refractivity contribution in [1.82, 2.24) is 0 Å². The molecule has 0 nitrogen and oxygen atoms in total. The lowest BCUT2D eigenvalue weighted by Gasteiger charge is -2.50. The van der Waals surface area contributed by atoms with Crippen LogP contribution in [0.25, 0.3) is 0 Å². The Morgan fingerprint density at radius 2 is 1.68 bits per heavy atom. The summed E-state index contributed by atoms with van der Waals surface area (Å²) in [5, 5.41) is 0.246. The highest BCUT2D eigenvalue weighted by Crippen LogP contribution is 2.54. The highest BCUT2D eigenvalue weighted by Gasteiger charge is 2.44. The minimum atomic E-state index is -0.257. The van der Waals surface area contributed by atoms with Gasteiger partial charge in [-0.2, -0.15) is 0 Å². The maximum Gasteiger partial charge on any atom is 0.142 e. The van der Waals surface area contributed by atoms with Crippen LogP contribution in [0.3, 0.4) is 0 Å². The van der Waals surface area contributed by atoms with Crippen molar-refractivity contribution in [3.05, 3.63) is 46.8 Å². The lowest BCUT2D eigenvalue weighted by atomic mass is 9.55. The van der Waals surface area contributed by atoms with Crippen molar-refractivity contribution in [3.63, 3.8) is 0 Å². The van der Waals surface area contributed by atoms with Gasteiger partial charge in [-0.3, -0.25) is 0 Å². The van der Waals surface area contributed by atoms with Crippen LogP contribution in [0.1, 0.15) is 69.8 Å². The molecule has 136 valence electrons. The summed E-state index contributed by atoms with van der Waals surface area (Å²) in [5.41, 5.74) is 1.17. The average molecular weight is 361 g/mol. The Balaban J connectivity index is 1.43. The van der Waals surface area contributed by atoms with E-state index >= 15 is 0 Å². The quantitative estimate of drug-likeness (QED) is 0.482. The van der Waals surface area contributed by atoms with E-state index in [0.29, 0.717) is 5.92 Å². The summed E-state index contributed by atoms with van der Waals surface area (Å²) in [6.45, 7) is 2.16. The molecule has 3 aliphatic rings. The van der Waals surface area contributed by atoms with E-state index in [1.165, 1.54) is 56.9 Å². The molecule has 0 N–H and O–H groups in total. The summed E-state index contributed by atoms with van der Waals surface area (Å²) in [5.74, 6) is 4.81. The molecule has 0 spiro atoms. The van der Waals surface area contributed by atoms with Gasteiger partial charge >= 0.3 is 0 Å². The molecule has 0 aliphatic heterocycles. The molecule has 4 rings (SSSR count).